The topological polar surface area (TPSA) is 110 Å². The second-order valence-electron chi connectivity index (χ2n) is 8.86. The molecule has 0 unspecified atom stereocenters. The Labute approximate surface area is 220 Å². The number of aromatic nitrogens is 1. The molecule has 0 saturated carbocycles. The first-order valence-corrected chi connectivity index (χ1v) is 12.8. The van der Waals surface area contributed by atoms with Crippen molar-refractivity contribution in [1.82, 2.24) is 9.88 Å². The predicted molar refractivity (Wildman–Crippen MR) is 142 cm³/mol. The van der Waals surface area contributed by atoms with E-state index in [2.05, 4.69) is 10.3 Å². The Morgan fingerprint density at radius 1 is 1.00 bits per heavy atom. The molecule has 2 heterocycles. The molecule has 0 spiro atoms. The van der Waals surface area contributed by atoms with E-state index in [0.29, 0.717) is 47.3 Å². The van der Waals surface area contributed by atoms with Gasteiger partial charge in [0.25, 0.3) is 11.8 Å². The normalized spacial score (nSPS) is 13.8. The number of likely N-dealkylation sites (tertiary alicyclic amines) is 1. The molecule has 2 aromatic carbocycles. The quantitative estimate of drug-likeness (QED) is 0.428. The number of ether oxygens (including phenoxy) is 3. The zero-order valence-corrected chi connectivity index (χ0v) is 22.4. The molecule has 3 aromatic rings. The number of rotatable bonds is 7. The van der Waals surface area contributed by atoms with Gasteiger partial charge in [-0.3, -0.25) is 9.59 Å². The van der Waals surface area contributed by atoms with Crippen molar-refractivity contribution in [1.29, 1.82) is 0 Å². The highest BCUT2D eigenvalue weighted by Crippen LogP contribution is 2.41. The minimum absolute atomic E-state index is 0.130. The van der Waals surface area contributed by atoms with Crippen molar-refractivity contribution >= 4 is 28.8 Å². The number of carbonyl (C=O) groups excluding carboxylic acids is 2. The zero-order chi connectivity index (χ0) is 26.7. The molecule has 0 radical (unpaired) electrons. The third-order valence-electron chi connectivity index (χ3n) is 6.83. The summed E-state index contributed by atoms with van der Waals surface area (Å²) in [6.45, 7) is 4.78. The number of anilines is 1. The molecule has 0 atom stereocenters. The summed E-state index contributed by atoms with van der Waals surface area (Å²) in [7, 11) is 4.54. The lowest BCUT2D eigenvalue weighted by molar-refractivity contribution is 0.0708. The van der Waals surface area contributed by atoms with Gasteiger partial charge in [0, 0.05) is 30.1 Å². The van der Waals surface area contributed by atoms with Crippen LogP contribution in [-0.4, -0.2) is 61.2 Å². The van der Waals surface area contributed by atoms with Crippen LogP contribution < -0.4 is 19.5 Å². The molecular weight excluding hydrogens is 494 g/mol. The Morgan fingerprint density at radius 3 is 2.35 bits per heavy atom. The van der Waals surface area contributed by atoms with Gasteiger partial charge in [-0.2, -0.15) is 0 Å². The number of aromatic hydroxyl groups is 1. The van der Waals surface area contributed by atoms with Crippen molar-refractivity contribution in [2.24, 2.45) is 0 Å². The number of carbonyl (C=O) groups is 2. The number of piperidine rings is 1. The number of phenolic OH excluding ortho intramolecular Hbond substituents is 1. The average Bonchev–Trinajstić information content (AvgIpc) is 3.42. The van der Waals surface area contributed by atoms with E-state index in [1.54, 1.807) is 41.5 Å². The second-order valence-corrected chi connectivity index (χ2v) is 9.75. The molecule has 2 amide bonds. The Balaban J connectivity index is 1.41. The van der Waals surface area contributed by atoms with Gasteiger partial charge in [-0.1, -0.05) is 0 Å². The molecule has 9 nitrogen and oxygen atoms in total. The molecule has 1 fully saturated rings. The van der Waals surface area contributed by atoms with E-state index in [9.17, 15) is 14.7 Å². The number of methoxy groups -OCH3 is 3. The first-order chi connectivity index (χ1) is 17.8. The lowest BCUT2D eigenvalue weighted by Crippen LogP contribution is -2.38. The van der Waals surface area contributed by atoms with Crippen LogP contribution in [0.25, 0.3) is 0 Å². The summed E-state index contributed by atoms with van der Waals surface area (Å²) >= 11 is 1.46. The Morgan fingerprint density at radius 2 is 1.70 bits per heavy atom. The molecule has 10 heteroatoms. The first kappa shape index (κ1) is 26.3. The van der Waals surface area contributed by atoms with E-state index < -0.39 is 0 Å². The van der Waals surface area contributed by atoms with Crippen molar-refractivity contribution in [3.05, 3.63) is 57.0 Å². The van der Waals surface area contributed by atoms with Crippen LogP contribution in [0.2, 0.25) is 0 Å². The highest BCUT2D eigenvalue weighted by atomic mass is 32.1. The second kappa shape index (κ2) is 11.1. The molecule has 0 bridgehead atoms. The minimum Gasteiger partial charge on any atom is -0.508 e. The lowest BCUT2D eigenvalue weighted by Gasteiger charge is -2.31. The smallest absolute Gasteiger partial charge is 0.275 e. The molecule has 37 heavy (non-hydrogen) atoms. The van der Waals surface area contributed by atoms with Crippen molar-refractivity contribution < 1.29 is 28.9 Å². The largest absolute Gasteiger partial charge is 0.508 e. The van der Waals surface area contributed by atoms with Crippen LogP contribution >= 0.6 is 11.3 Å². The van der Waals surface area contributed by atoms with Crippen molar-refractivity contribution in [2.75, 3.05) is 39.7 Å². The van der Waals surface area contributed by atoms with Crippen molar-refractivity contribution in [3.8, 4) is 23.0 Å². The summed E-state index contributed by atoms with van der Waals surface area (Å²) in [6.07, 6.45) is 1.48. The molecule has 0 aliphatic carbocycles. The molecule has 4 rings (SSSR count). The molecule has 1 aliphatic heterocycles. The fraction of sp³-hybridized carbons (Fsp3) is 0.370. The Hall–Kier alpha value is -3.79. The maximum atomic E-state index is 13.3. The van der Waals surface area contributed by atoms with Gasteiger partial charge in [-0.25, -0.2) is 4.98 Å². The molecular formula is C27H31N3O6S. The summed E-state index contributed by atoms with van der Waals surface area (Å²) < 4.78 is 16.2. The maximum Gasteiger partial charge on any atom is 0.275 e. The van der Waals surface area contributed by atoms with Gasteiger partial charge in [0.05, 0.1) is 31.9 Å². The van der Waals surface area contributed by atoms with Crippen LogP contribution in [0.15, 0.2) is 29.6 Å². The van der Waals surface area contributed by atoms with Gasteiger partial charge in [0.2, 0.25) is 5.75 Å². The molecule has 2 N–H and O–H groups in total. The fourth-order valence-corrected chi connectivity index (χ4v) is 5.45. The lowest BCUT2D eigenvalue weighted by atomic mass is 9.96. The van der Waals surface area contributed by atoms with Gasteiger partial charge in [0.15, 0.2) is 11.5 Å². The number of amides is 2. The van der Waals surface area contributed by atoms with E-state index in [1.807, 2.05) is 6.92 Å². The zero-order valence-electron chi connectivity index (χ0n) is 21.6. The summed E-state index contributed by atoms with van der Waals surface area (Å²) in [5.74, 6) is 1.18. The minimum atomic E-state index is -0.288. The monoisotopic (exact) mass is 525 g/mol. The van der Waals surface area contributed by atoms with E-state index >= 15 is 0 Å². The highest BCUT2D eigenvalue weighted by Gasteiger charge is 2.30. The van der Waals surface area contributed by atoms with Gasteiger partial charge in [-0.15, -0.1) is 11.3 Å². The SMILES string of the molecule is COc1ccc(C(=O)N2CCC(c3nc(C(=O)Nc4ccc(O)c(C)c4C)cs3)CC2)c(OC)c1OC. The summed E-state index contributed by atoms with van der Waals surface area (Å²) in [5, 5.41) is 15.4. The van der Waals surface area contributed by atoms with Gasteiger partial charge in [-0.05, 0) is 62.1 Å². The summed E-state index contributed by atoms with van der Waals surface area (Å²) in [5.41, 5.74) is 2.97. The van der Waals surface area contributed by atoms with Crippen molar-refractivity contribution in [2.45, 2.75) is 32.6 Å². The van der Waals surface area contributed by atoms with E-state index in [-0.39, 0.29) is 23.5 Å². The van der Waals surface area contributed by atoms with Crippen LogP contribution in [-0.2, 0) is 0 Å². The molecule has 196 valence electrons. The number of nitrogens with zero attached hydrogens (tertiary/aromatic N) is 2. The third-order valence-corrected chi connectivity index (χ3v) is 7.83. The van der Waals surface area contributed by atoms with Crippen LogP contribution in [0.1, 0.15) is 55.7 Å². The van der Waals surface area contributed by atoms with Crippen molar-refractivity contribution in [3.63, 3.8) is 0 Å². The van der Waals surface area contributed by atoms with E-state index in [1.165, 1.54) is 32.7 Å². The maximum absolute atomic E-state index is 13.3. The van der Waals surface area contributed by atoms with Gasteiger partial charge in [0.1, 0.15) is 11.4 Å². The Bertz CT molecular complexity index is 1310. The molecule has 1 saturated heterocycles. The van der Waals surface area contributed by atoms with Gasteiger partial charge < -0.3 is 29.5 Å². The number of hydrogen-bond acceptors (Lipinski definition) is 8. The predicted octanol–water partition coefficient (Wildman–Crippen LogP) is 4.76. The molecule has 1 aromatic heterocycles. The van der Waals surface area contributed by atoms with E-state index in [0.717, 1.165) is 29.0 Å². The van der Waals surface area contributed by atoms with E-state index in [4.69, 9.17) is 14.2 Å². The van der Waals surface area contributed by atoms with Gasteiger partial charge >= 0.3 is 0 Å². The van der Waals surface area contributed by atoms with Crippen LogP contribution in [0.5, 0.6) is 23.0 Å². The van der Waals surface area contributed by atoms with Crippen LogP contribution in [0.3, 0.4) is 0 Å². The number of thiazole rings is 1. The number of benzene rings is 2. The number of nitrogens with one attached hydrogen (secondary N) is 1. The van der Waals surface area contributed by atoms with Crippen LogP contribution in [0.4, 0.5) is 5.69 Å². The Kier molecular flexibility index (Phi) is 7.87. The number of hydrogen-bond donors (Lipinski definition) is 2. The third kappa shape index (κ3) is 5.20. The average molecular weight is 526 g/mol. The number of phenols is 1. The molecule has 1 aliphatic rings. The summed E-state index contributed by atoms with van der Waals surface area (Å²) in [6, 6.07) is 6.64. The highest BCUT2D eigenvalue weighted by molar-refractivity contribution is 7.10. The van der Waals surface area contributed by atoms with Crippen LogP contribution in [0, 0.1) is 13.8 Å². The summed E-state index contributed by atoms with van der Waals surface area (Å²) in [4.78, 5) is 32.5. The first-order valence-electron chi connectivity index (χ1n) is 11.9. The standard InChI is InChI=1S/C27H31N3O6S/c1-15-16(2)21(31)8-7-19(15)28-25(32)20-14-37-26(29-20)17-10-12-30(13-11-17)27(33)18-6-9-22(34-3)24(36-5)23(18)35-4/h6-9,14,17,31H,10-13H2,1-5H3,(H,28,32). The fourth-order valence-electron chi connectivity index (χ4n) is 4.48.